The van der Waals surface area contributed by atoms with Gasteiger partial charge >= 0.3 is 0 Å². The molecule has 8 N–H and O–H groups in total. The summed E-state index contributed by atoms with van der Waals surface area (Å²) in [6, 6.07) is 21.6. The summed E-state index contributed by atoms with van der Waals surface area (Å²) < 4.78 is 0.497. The molecule has 0 fully saturated rings. The number of benzene rings is 4. The first-order valence-corrected chi connectivity index (χ1v) is 12.3. The van der Waals surface area contributed by atoms with E-state index in [0.29, 0.717) is 22.9 Å². The quantitative estimate of drug-likeness (QED) is 0.129. The minimum absolute atomic E-state index is 0.139. The molecule has 0 unspecified atom stereocenters. The van der Waals surface area contributed by atoms with Crippen molar-refractivity contribution < 1.29 is 20.4 Å². The summed E-state index contributed by atoms with van der Waals surface area (Å²) in [7, 11) is 0. The van der Waals surface area contributed by atoms with Crippen LogP contribution in [0.3, 0.4) is 0 Å². The van der Waals surface area contributed by atoms with Crippen molar-refractivity contribution in [1.82, 2.24) is 0 Å². The molecule has 0 aliphatic carbocycles. The average Bonchev–Trinajstić information content (AvgIpc) is 2.84. The fourth-order valence-corrected chi connectivity index (χ4v) is 3.98. The first-order chi connectivity index (χ1) is 17.1. The maximum atomic E-state index is 9.81. The molecular weight excluding hydrogens is 520 g/mol. The molecule has 4 rings (SSSR count). The smallest absolute Gasteiger partial charge is 0.130 e. The van der Waals surface area contributed by atoms with Gasteiger partial charge in [0, 0.05) is 11.4 Å². The molecule has 4 aromatic rings. The van der Waals surface area contributed by atoms with E-state index >= 15 is 0 Å². The topological polar surface area (TPSA) is 133 Å². The van der Waals surface area contributed by atoms with Crippen molar-refractivity contribution in [3.05, 3.63) is 105 Å². The Balaban J connectivity index is 0.000000201. The first kappa shape index (κ1) is 26.8. The molecule has 4 aromatic carbocycles. The standard InChI is InChI=1S/C15H17NO2.C14H14BrNO2/c1-10-8-15(18)12(9-14(10)17)5-2-11-3-6-13(16)7-4-11;15-12-8-13(17)10(7-14(12)18)4-1-9-2-5-11(16)6-3-9/h3-4,6-9,17-18H,2,5,16H2,1H3;2-3,5-8,17-18H,1,4,16H2. The molecule has 0 aliphatic rings. The SMILES string of the molecule is Cc1cc(O)c(CCc2ccc(N)cc2)cc1O.Nc1ccc(CCc2cc(O)c(Br)cc2O)cc1. The van der Waals surface area contributed by atoms with E-state index < -0.39 is 0 Å². The van der Waals surface area contributed by atoms with E-state index in [2.05, 4.69) is 15.9 Å². The third kappa shape index (κ3) is 7.58. The van der Waals surface area contributed by atoms with Crippen LogP contribution in [0.5, 0.6) is 23.0 Å². The van der Waals surface area contributed by atoms with Gasteiger partial charge in [-0.05, 0) is 125 Å². The van der Waals surface area contributed by atoms with Crippen LogP contribution < -0.4 is 11.5 Å². The van der Waals surface area contributed by atoms with Crippen LogP contribution in [0.2, 0.25) is 0 Å². The van der Waals surface area contributed by atoms with Crippen molar-refractivity contribution >= 4 is 27.3 Å². The molecule has 6 nitrogen and oxygen atoms in total. The normalized spacial score (nSPS) is 10.5. The van der Waals surface area contributed by atoms with E-state index in [9.17, 15) is 20.4 Å². The Labute approximate surface area is 219 Å². The van der Waals surface area contributed by atoms with Crippen molar-refractivity contribution in [2.75, 3.05) is 11.5 Å². The van der Waals surface area contributed by atoms with Crippen molar-refractivity contribution in [3.8, 4) is 23.0 Å². The zero-order chi connectivity index (χ0) is 26.2. The molecule has 0 saturated heterocycles. The largest absolute Gasteiger partial charge is 0.508 e. The highest BCUT2D eigenvalue weighted by Crippen LogP contribution is 2.32. The molecule has 0 bridgehead atoms. The molecule has 0 aromatic heterocycles. The lowest BCUT2D eigenvalue weighted by Gasteiger charge is -2.08. The predicted octanol–water partition coefficient (Wildman–Crippen LogP) is 6.00. The van der Waals surface area contributed by atoms with E-state index in [-0.39, 0.29) is 23.0 Å². The molecule has 0 atom stereocenters. The maximum Gasteiger partial charge on any atom is 0.130 e. The van der Waals surface area contributed by atoms with Crippen molar-refractivity contribution in [1.29, 1.82) is 0 Å². The molecule has 0 amide bonds. The summed E-state index contributed by atoms with van der Waals surface area (Å²) in [6.07, 6.45) is 2.94. The lowest BCUT2D eigenvalue weighted by Crippen LogP contribution is -1.93. The molecule has 188 valence electrons. The van der Waals surface area contributed by atoms with E-state index in [1.807, 2.05) is 48.5 Å². The summed E-state index contributed by atoms with van der Waals surface area (Å²) in [5, 5.41) is 38.8. The Hall–Kier alpha value is -3.84. The summed E-state index contributed by atoms with van der Waals surface area (Å²) in [5.74, 6) is 0.788. The third-order valence-corrected chi connectivity index (χ3v) is 6.51. The molecule has 0 heterocycles. The highest BCUT2D eigenvalue weighted by atomic mass is 79.9. The van der Waals surface area contributed by atoms with Crippen LogP contribution in [-0.4, -0.2) is 20.4 Å². The van der Waals surface area contributed by atoms with E-state index in [0.717, 1.165) is 46.5 Å². The third-order valence-electron chi connectivity index (χ3n) is 5.87. The average molecular weight is 551 g/mol. The highest BCUT2D eigenvalue weighted by Gasteiger charge is 2.08. The number of hydrogen-bond donors (Lipinski definition) is 6. The second kappa shape index (κ2) is 12.2. The van der Waals surface area contributed by atoms with Gasteiger partial charge in [0.15, 0.2) is 0 Å². The second-order valence-electron chi connectivity index (χ2n) is 8.68. The lowest BCUT2D eigenvalue weighted by molar-refractivity contribution is 0.451. The van der Waals surface area contributed by atoms with Gasteiger partial charge in [0.2, 0.25) is 0 Å². The van der Waals surface area contributed by atoms with E-state index in [1.165, 1.54) is 6.07 Å². The van der Waals surface area contributed by atoms with Gasteiger partial charge in [-0.3, -0.25) is 0 Å². The number of phenolic OH excluding ortho intramolecular Hbond substituents is 4. The molecule has 7 heteroatoms. The van der Waals surface area contributed by atoms with Gasteiger partial charge in [-0.25, -0.2) is 0 Å². The van der Waals surface area contributed by atoms with Gasteiger partial charge in [0.1, 0.15) is 23.0 Å². The van der Waals surface area contributed by atoms with Gasteiger partial charge in [-0.2, -0.15) is 0 Å². The fraction of sp³-hybridized carbons (Fsp3) is 0.172. The number of aromatic hydroxyl groups is 4. The number of nitrogens with two attached hydrogens (primary N) is 2. The molecule has 0 radical (unpaired) electrons. The summed E-state index contributed by atoms with van der Waals surface area (Å²) in [5.41, 5.74) is 17.2. The van der Waals surface area contributed by atoms with Gasteiger partial charge in [0.05, 0.1) is 4.47 Å². The molecule has 36 heavy (non-hydrogen) atoms. The summed E-state index contributed by atoms with van der Waals surface area (Å²) in [6.45, 7) is 1.76. The maximum absolute atomic E-state index is 9.81. The predicted molar refractivity (Wildman–Crippen MR) is 149 cm³/mol. The lowest BCUT2D eigenvalue weighted by atomic mass is 10.0. The van der Waals surface area contributed by atoms with Gasteiger partial charge < -0.3 is 31.9 Å². The van der Waals surface area contributed by atoms with Crippen molar-refractivity contribution in [2.24, 2.45) is 0 Å². The number of nitrogen functional groups attached to an aromatic ring is 2. The van der Waals surface area contributed by atoms with Crippen LogP contribution >= 0.6 is 15.9 Å². The Bertz CT molecular complexity index is 1200. The van der Waals surface area contributed by atoms with Crippen LogP contribution in [0.1, 0.15) is 27.8 Å². The van der Waals surface area contributed by atoms with Crippen LogP contribution in [-0.2, 0) is 25.7 Å². The zero-order valence-electron chi connectivity index (χ0n) is 20.1. The highest BCUT2D eigenvalue weighted by molar-refractivity contribution is 9.10. The first-order valence-electron chi connectivity index (χ1n) is 11.5. The van der Waals surface area contributed by atoms with E-state index in [4.69, 9.17) is 11.5 Å². The van der Waals surface area contributed by atoms with Crippen LogP contribution in [0, 0.1) is 6.92 Å². The Morgan fingerprint density at radius 2 is 0.972 bits per heavy atom. The van der Waals surface area contributed by atoms with Gasteiger partial charge in [-0.15, -0.1) is 0 Å². The zero-order valence-corrected chi connectivity index (χ0v) is 21.7. The second-order valence-corrected chi connectivity index (χ2v) is 9.54. The molecule has 0 saturated carbocycles. The van der Waals surface area contributed by atoms with Crippen LogP contribution in [0.4, 0.5) is 11.4 Å². The number of anilines is 2. The van der Waals surface area contributed by atoms with Gasteiger partial charge in [0.25, 0.3) is 0 Å². The molecular formula is C29H31BrN2O4. The fourth-order valence-electron chi connectivity index (χ4n) is 3.65. The summed E-state index contributed by atoms with van der Waals surface area (Å²) >= 11 is 3.16. The number of hydrogen-bond acceptors (Lipinski definition) is 6. The van der Waals surface area contributed by atoms with E-state index in [1.54, 1.807) is 25.1 Å². The number of halogens is 1. The number of rotatable bonds is 6. The van der Waals surface area contributed by atoms with Crippen LogP contribution in [0.25, 0.3) is 0 Å². The van der Waals surface area contributed by atoms with Crippen molar-refractivity contribution in [2.45, 2.75) is 32.6 Å². The minimum atomic E-state index is 0.139. The number of aryl methyl sites for hydroxylation is 5. The van der Waals surface area contributed by atoms with Crippen molar-refractivity contribution in [3.63, 3.8) is 0 Å². The van der Waals surface area contributed by atoms with Crippen LogP contribution in [0.15, 0.2) is 77.3 Å². The Morgan fingerprint density at radius 3 is 1.44 bits per heavy atom. The molecule has 0 spiro atoms. The summed E-state index contributed by atoms with van der Waals surface area (Å²) in [4.78, 5) is 0. The molecule has 0 aliphatic heterocycles. The Morgan fingerprint density at radius 1 is 0.556 bits per heavy atom. The Kier molecular flexibility index (Phi) is 9.08. The monoisotopic (exact) mass is 550 g/mol. The minimum Gasteiger partial charge on any atom is -0.508 e. The van der Waals surface area contributed by atoms with Gasteiger partial charge in [-0.1, -0.05) is 24.3 Å². The number of phenols is 4.